The van der Waals surface area contributed by atoms with Crippen molar-refractivity contribution in [3.05, 3.63) is 224 Å². The van der Waals surface area contributed by atoms with Gasteiger partial charge in [0.25, 0.3) is 0 Å². The van der Waals surface area contributed by atoms with E-state index in [9.17, 15) is 0 Å². The SMILES string of the molecule is c1ccc(-c2ccc(-n3c4ccccc4c4cc(-c5ccccc5)c5c(c6ccccc6n5-c5nc(-c6ccccc6)nc(-c6cccc(-c7ccccc7)c6)n5)c43)cc2)cc1. The predicted molar refractivity (Wildman–Crippen MR) is 256 cm³/mol. The van der Waals surface area contributed by atoms with Crippen LogP contribution in [0, 0.1) is 0 Å². The maximum Gasteiger partial charge on any atom is 0.238 e. The molecule has 12 aromatic rings. The van der Waals surface area contributed by atoms with Crippen LogP contribution in [-0.4, -0.2) is 24.1 Å². The van der Waals surface area contributed by atoms with E-state index < -0.39 is 0 Å². The molecule has 3 aromatic heterocycles. The van der Waals surface area contributed by atoms with Gasteiger partial charge in [-0.3, -0.25) is 4.57 Å². The Labute approximate surface area is 358 Å². The van der Waals surface area contributed by atoms with Crippen LogP contribution in [0.4, 0.5) is 0 Å². The van der Waals surface area contributed by atoms with Gasteiger partial charge < -0.3 is 4.57 Å². The van der Waals surface area contributed by atoms with Gasteiger partial charge in [-0.1, -0.05) is 188 Å². The van der Waals surface area contributed by atoms with E-state index in [1.165, 1.54) is 21.9 Å². The molecule has 0 radical (unpaired) electrons. The molecule has 0 amide bonds. The third-order valence-electron chi connectivity index (χ3n) is 12.0. The third kappa shape index (κ3) is 5.90. The van der Waals surface area contributed by atoms with Crippen molar-refractivity contribution in [2.45, 2.75) is 0 Å². The fourth-order valence-corrected chi connectivity index (χ4v) is 9.13. The van der Waals surface area contributed by atoms with Gasteiger partial charge in [0, 0.05) is 43.9 Å². The Kier molecular flexibility index (Phi) is 8.42. The Balaban J connectivity index is 1.20. The summed E-state index contributed by atoms with van der Waals surface area (Å²) in [4.78, 5) is 16.0. The van der Waals surface area contributed by atoms with Crippen LogP contribution in [0.5, 0.6) is 0 Å². The molecule has 0 N–H and O–H groups in total. The van der Waals surface area contributed by atoms with E-state index in [0.29, 0.717) is 17.6 Å². The molecule has 0 saturated carbocycles. The van der Waals surface area contributed by atoms with Crippen LogP contribution in [0.2, 0.25) is 0 Å². The van der Waals surface area contributed by atoms with Crippen LogP contribution in [0.3, 0.4) is 0 Å². The van der Waals surface area contributed by atoms with Gasteiger partial charge in [-0.15, -0.1) is 0 Å². The van der Waals surface area contributed by atoms with Gasteiger partial charge in [-0.05, 0) is 64.2 Å². The van der Waals surface area contributed by atoms with Crippen LogP contribution < -0.4 is 0 Å². The Hall–Kier alpha value is -8.41. The Morgan fingerprint density at radius 1 is 0.290 bits per heavy atom. The molecule has 0 aliphatic carbocycles. The molecule has 0 aliphatic rings. The molecule has 5 nitrogen and oxygen atoms in total. The molecular weight excluding hydrogens is 755 g/mol. The van der Waals surface area contributed by atoms with Crippen molar-refractivity contribution in [3.63, 3.8) is 0 Å². The number of hydrogen-bond donors (Lipinski definition) is 0. The van der Waals surface area contributed by atoms with Crippen molar-refractivity contribution in [1.29, 1.82) is 0 Å². The predicted octanol–water partition coefficient (Wildman–Crippen LogP) is 14.4. The first-order valence-electron chi connectivity index (χ1n) is 21.0. The van der Waals surface area contributed by atoms with Crippen LogP contribution >= 0.6 is 0 Å². The first-order chi connectivity index (χ1) is 30.8. The summed E-state index contributed by atoms with van der Waals surface area (Å²) in [6, 6.07) is 79.2. The van der Waals surface area contributed by atoms with Crippen molar-refractivity contribution in [2.24, 2.45) is 0 Å². The number of benzene rings is 9. The van der Waals surface area contributed by atoms with E-state index >= 15 is 0 Å². The average Bonchev–Trinajstić information content (AvgIpc) is 3.88. The van der Waals surface area contributed by atoms with Crippen LogP contribution in [0.1, 0.15) is 0 Å². The van der Waals surface area contributed by atoms with Gasteiger partial charge >= 0.3 is 0 Å². The Morgan fingerprint density at radius 3 is 1.44 bits per heavy atom. The highest BCUT2D eigenvalue weighted by molar-refractivity contribution is 6.29. The lowest BCUT2D eigenvalue weighted by Crippen LogP contribution is -2.07. The first-order valence-corrected chi connectivity index (χ1v) is 21.0. The van der Waals surface area contributed by atoms with E-state index in [2.05, 4.69) is 209 Å². The molecular formula is C57H37N5. The summed E-state index contributed by atoms with van der Waals surface area (Å²) in [5, 5.41) is 4.62. The maximum absolute atomic E-state index is 5.42. The largest absolute Gasteiger partial charge is 0.309 e. The molecule has 0 fully saturated rings. The first kappa shape index (κ1) is 35.5. The highest BCUT2D eigenvalue weighted by Gasteiger charge is 2.26. The van der Waals surface area contributed by atoms with Gasteiger partial charge in [0.05, 0.1) is 22.1 Å². The number of para-hydroxylation sites is 2. The molecule has 62 heavy (non-hydrogen) atoms. The maximum atomic E-state index is 5.42. The Morgan fingerprint density at radius 2 is 0.774 bits per heavy atom. The van der Waals surface area contributed by atoms with Gasteiger partial charge in [-0.2, -0.15) is 9.97 Å². The van der Waals surface area contributed by atoms with E-state index in [4.69, 9.17) is 15.0 Å². The van der Waals surface area contributed by atoms with Crippen molar-refractivity contribution < 1.29 is 0 Å². The van der Waals surface area contributed by atoms with Crippen LogP contribution in [-0.2, 0) is 0 Å². The number of fused-ring (bicyclic) bond motifs is 7. The highest BCUT2D eigenvalue weighted by atomic mass is 15.2. The summed E-state index contributed by atoms with van der Waals surface area (Å²) in [7, 11) is 0. The fraction of sp³-hybridized carbons (Fsp3) is 0. The van der Waals surface area contributed by atoms with Crippen molar-refractivity contribution in [3.8, 4) is 67.8 Å². The lowest BCUT2D eigenvalue weighted by atomic mass is 9.98. The molecule has 0 spiro atoms. The number of hydrogen-bond acceptors (Lipinski definition) is 3. The second-order valence-corrected chi connectivity index (χ2v) is 15.6. The minimum absolute atomic E-state index is 0.552. The quantitative estimate of drug-likeness (QED) is 0.162. The lowest BCUT2D eigenvalue weighted by molar-refractivity contribution is 0.954. The standard InChI is InChI=1S/C57H37N5/c1-5-18-38(19-6-1)40-32-34-45(35-33-40)61-50-30-15-13-28-46(50)49-37-48(41-22-9-3-10-23-41)53-52(54(49)61)47-29-14-16-31-51(47)62(53)57-59-55(42-24-11-4-12-25-42)58-56(60-57)44-27-17-26-43(36-44)39-20-7-2-8-21-39/h1-37H. The fourth-order valence-electron chi connectivity index (χ4n) is 9.13. The molecule has 0 aliphatic heterocycles. The molecule has 0 unspecified atom stereocenters. The van der Waals surface area contributed by atoms with Crippen molar-refractivity contribution in [1.82, 2.24) is 24.1 Å². The lowest BCUT2D eigenvalue weighted by Gasteiger charge is -2.15. The average molecular weight is 792 g/mol. The zero-order valence-corrected chi connectivity index (χ0v) is 33.6. The summed E-state index contributed by atoms with van der Waals surface area (Å²) in [5.41, 5.74) is 14.1. The van der Waals surface area contributed by atoms with Gasteiger partial charge in [0.2, 0.25) is 5.95 Å². The monoisotopic (exact) mass is 791 g/mol. The molecule has 5 heteroatoms. The zero-order valence-electron chi connectivity index (χ0n) is 33.6. The smallest absolute Gasteiger partial charge is 0.238 e. The molecule has 0 bridgehead atoms. The van der Waals surface area contributed by atoms with Gasteiger partial charge in [0.1, 0.15) is 0 Å². The molecule has 3 heterocycles. The topological polar surface area (TPSA) is 48.5 Å². The molecule has 0 atom stereocenters. The van der Waals surface area contributed by atoms with Crippen molar-refractivity contribution in [2.75, 3.05) is 0 Å². The van der Waals surface area contributed by atoms with Gasteiger partial charge in [-0.25, -0.2) is 4.98 Å². The van der Waals surface area contributed by atoms with Crippen LogP contribution in [0.15, 0.2) is 224 Å². The van der Waals surface area contributed by atoms with E-state index in [0.717, 1.165) is 71.9 Å². The normalized spacial score (nSPS) is 11.5. The second kappa shape index (κ2) is 14.7. The molecule has 290 valence electrons. The highest BCUT2D eigenvalue weighted by Crippen LogP contribution is 2.46. The third-order valence-corrected chi connectivity index (χ3v) is 12.0. The number of aromatic nitrogens is 5. The zero-order chi connectivity index (χ0) is 41.0. The summed E-state index contributed by atoms with van der Waals surface area (Å²) >= 11 is 0. The summed E-state index contributed by atoms with van der Waals surface area (Å²) in [6.07, 6.45) is 0. The van der Waals surface area contributed by atoms with E-state index in [1.807, 2.05) is 24.3 Å². The van der Waals surface area contributed by atoms with Gasteiger partial charge in [0.15, 0.2) is 11.6 Å². The molecule has 9 aromatic carbocycles. The van der Waals surface area contributed by atoms with E-state index in [1.54, 1.807) is 0 Å². The number of nitrogens with zero attached hydrogens (tertiary/aromatic N) is 5. The second-order valence-electron chi connectivity index (χ2n) is 15.6. The van der Waals surface area contributed by atoms with E-state index in [-0.39, 0.29) is 0 Å². The summed E-state index contributed by atoms with van der Waals surface area (Å²) < 4.78 is 4.71. The summed E-state index contributed by atoms with van der Waals surface area (Å²) in [5.74, 6) is 1.76. The minimum Gasteiger partial charge on any atom is -0.309 e. The number of rotatable bonds is 7. The van der Waals surface area contributed by atoms with Crippen molar-refractivity contribution >= 4 is 43.6 Å². The summed E-state index contributed by atoms with van der Waals surface area (Å²) in [6.45, 7) is 0. The van der Waals surface area contributed by atoms with Crippen LogP contribution in [0.25, 0.3) is 111 Å². The molecule has 12 rings (SSSR count). The Bertz CT molecular complexity index is 3590. The minimum atomic E-state index is 0.552. The molecule has 0 saturated heterocycles.